The Morgan fingerprint density at radius 3 is 2.53 bits per heavy atom. The number of aromatic nitrogens is 4. The molecule has 0 bridgehead atoms. The van der Waals surface area contributed by atoms with Gasteiger partial charge in [-0.2, -0.15) is 18.2 Å². The molecule has 0 saturated heterocycles. The zero-order valence-corrected chi connectivity index (χ0v) is 15.2. The van der Waals surface area contributed by atoms with E-state index < -0.39 is 17.6 Å². The summed E-state index contributed by atoms with van der Waals surface area (Å²) in [4.78, 5) is 12.1. The van der Waals surface area contributed by atoms with Crippen LogP contribution in [0.25, 0.3) is 22.8 Å². The van der Waals surface area contributed by atoms with Gasteiger partial charge in [-0.25, -0.2) is 14.4 Å². The highest BCUT2D eigenvalue weighted by Crippen LogP contribution is 2.33. The standard InChI is InChI=1S/C20H13F4N5O/c21-16-8-4-2-6-13(16)18-28-19(30-29-18)14-10-25-11-27-17(14)26-9-12-5-1-3-7-15(12)20(22,23)24/h1-8,10-11H,9H2,(H,25,26,27). The second kappa shape index (κ2) is 7.90. The monoisotopic (exact) mass is 415 g/mol. The molecule has 4 rings (SSSR count). The Bertz CT molecular complexity index is 1180. The van der Waals surface area contributed by atoms with Gasteiger partial charge in [0.15, 0.2) is 0 Å². The van der Waals surface area contributed by atoms with Crippen LogP contribution in [-0.2, 0) is 12.7 Å². The molecule has 152 valence electrons. The molecule has 2 aromatic carbocycles. The molecule has 10 heteroatoms. The van der Waals surface area contributed by atoms with Crippen LogP contribution in [0.2, 0.25) is 0 Å². The third-order valence-corrected chi connectivity index (χ3v) is 4.25. The Labute approximate surface area is 167 Å². The van der Waals surface area contributed by atoms with Gasteiger partial charge < -0.3 is 9.84 Å². The quantitative estimate of drug-likeness (QED) is 0.464. The van der Waals surface area contributed by atoms with Gasteiger partial charge in [0, 0.05) is 12.7 Å². The lowest BCUT2D eigenvalue weighted by Crippen LogP contribution is -2.12. The second-order valence-electron chi connectivity index (χ2n) is 6.20. The number of halogens is 4. The second-order valence-corrected chi connectivity index (χ2v) is 6.20. The van der Waals surface area contributed by atoms with Crippen molar-refractivity contribution < 1.29 is 22.1 Å². The first-order chi connectivity index (χ1) is 14.4. The summed E-state index contributed by atoms with van der Waals surface area (Å²) in [6.45, 7) is -0.145. The van der Waals surface area contributed by atoms with Crippen molar-refractivity contribution >= 4 is 5.82 Å². The van der Waals surface area contributed by atoms with E-state index in [1.165, 1.54) is 48.9 Å². The molecule has 0 spiro atoms. The molecule has 2 heterocycles. The summed E-state index contributed by atoms with van der Waals surface area (Å²) in [6, 6.07) is 11.2. The summed E-state index contributed by atoms with van der Waals surface area (Å²) in [5, 5.41) is 6.62. The van der Waals surface area contributed by atoms with Gasteiger partial charge in [0.2, 0.25) is 5.82 Å². The van der Waals surface area contributed by atoms with Gasteiger partial charge >= 0.3 is 6.18 Å². The minimum absolute atomic E-state index is 0.000426. The number of anilines is 1. The van der Waals surface area contributed by atoms with E-state index in [1.807, 2.05) is 0 Å². The van der Waals surface area contributed by atoms with E-state index in [4.69, 9.17) is 4.52 Å². The van der Waals surface area contributed by atoms with Crippen molar-refractivity contribution in [2.75, 3.05) is 5.32 Å². The molecular formula is C20H13F4N5O. The minimum Gasteiger partial charge on any atom is -0.365 e. The predicted molar refractivity (Wildman–Crippen MR) is 99.5 cm³/mol. The molecule has 0 aliphatic rings. The molecule has 0 radical (unpaired) electrons. The van der Waals surface area contributed by atoms with Crippen LogP contribution in [0.3, 0.4) is 0 Å². The summed E-state index contributed by atoms with van der Waals surface area (Å²) in [6.07, 6.45) is -1.87. The molecule has 0 unspecified atom stereocenters. The lowest BCUT2D eigenvalue weighted by atomic mass is 10.1. The summed E-state index contributed by atoms with van der Waals surface area (Å²) in [7, 11) is 0. The molecule has 0 amide bonds. The molecule has 2 aromatic heterocycles. The van der Waals surface area contributed by atoms with E-state index in [9.17, 15) is 17.6 Å². The molecule has 4 aromatic rings. The van der Waals surface area contributed by atoms with Crippen LogP contribution >= 0.6 is 0 Å². The van der Waals surface area contributed by atoms with E-state index in [2.05, 4.69) is 25.4 Å². The van der Waals surface area contributed by atoms with Crippen LogP contribution in [0, 0.1) is 5.82 Å². The lowest BCUT2D eigenvalue weighted by molar-refractivity contribution is -0.138. The van der Waals surface area contributed by atoms with Gasteiger partial charge in [-0.3, -0.25) is 0 Å². The van der Waals surface area contributed by atoms with Gasteiger partial charge in [0.05, 0.1) is 11.1 Å². The van der Waals surface area contributed by atoms with E-state index in [0.717, 1.165) is 6.07 Å². The maximum absolute atomic E-state index is 14.0. The van der Waals surface area contributed by atoms with Crippen molar-refractivity contribution in [2.24, 2.45) is 0 Å². The third kappa shape index (κ3) is 3.97. The third-order valence-electron chi connectivity index (χ3n) is 4.25. The summed E-state index contributed by atoms with van der Waals surface area (Å²) < 4.78 is 58.8. The summed E-state index contributed by atoms with van der Waals surface area (Å²) in [5.74, 6) is -0.289. The van der Waals surface area contributed by atoms with E-state index in [-0.39, 0.29) is 40.8 Å². The van der Waals surface area contributed by atoms with Crippen molar-refractivity contribution in [1.29, 1.82) is 0 Å². The molecule has 0 saturated carbocycles. The first-order valence-corrected chi connectivity index (χ1v) is 8.71. The molecule has 1 N–H and O–H groups in total. The fraction of sp³-hybridized carbons (Fsp3) is 0.100. The molecular weight excluding hydrogens is 402 g/mol. The smallest absolute Gasteiger partial charge is 0.365 e. The SMILES string of the molecule is Fc1ccccc1-c1noc(-c2cncnc2NCc2ccccc2C(F)(F)F)n1. The highest BCUT2D eigenvalue weighted by molar-refractivity contribution is 5.69. The topological polar surface area (TPSA) is 76.7 Å². The van der Waals surface area contributed by atoms with Crippen LogP contribution in [-0.4, -0.2) is 20.1 Å². The molecule has 0 aliphatic heterocycles. The van der Waals surface area contributed by atoms with Gasteiger partial charge in [-0.15, -0.1) is 0 Å². The first-order valence-electron chi connectivity index (χ1n) is 8.71. The number of rotatable bonds is 5. The highest BCUT2D eigenvalue weighted by Gasteiger charge is 2.32. The van der Waals surface area contributed by atoms with Crippen LogP contribution in [0.1, 0.15) is 11.1 Å². The van der Waals surface area contributed by atoms with E-state index >= 15 is 0 Å². The Morgan fingerprint density at radius 2 is 1.73 bits per heavy atom. The number of benzene rings is 2. The van der Waals surface area contributed by atoms with Crippen molar-refractivity contribution in [2.45, 2.75) is 12.7 Å². The largest absolute Gasteiger partial charge is 0.416 e. The maximum atomic E-state index is 14.0. The molecule has 0 fully saturated rings. The zero-order valence-electron chi connectivity index (χ0n) is 15.2. The van der Waals surface area contributed by atoms with Crippen molar-refractivity contribution in [1.82, 2.24) is 20.1 Å². The molecule has 0 aliphatic carbocycles. The van der Waals surface area contributed by atoms with Gasteiger partial charge in [0.25, 0.3) is 5.89 Å². The zero-order chi connectivity index (χ0) is 21.1. The number of nitrogens with zero attached hydrogens (tertiary/aromatic N) is 4. The fourth-order valence-corrected chi connectivity index (χ4v) is 2.84. The molecule has 0 atom stereocenters. The molecule has 30 heavy (non-hydrogen) atoms. The Kier molecular flexibility index (Phi) is 5.13. The fourth-order valence-electron chi connectivity index (χ4n) is 2.84. The van der Waals surface area contributed by atoms with Gasteiger partial charge in [0.1, 0.15) is 23.5 Å². The number of nitrogens with one attached hydrogen (secondary N) is 1. The predicted octanol–water partition coefficient (Wildman–Crippen LogP) is 4.96. The summed E-state index contributed by atoms with van der Waals surface area (Å²) >= 11 is 0. The number of hydrogen-bond donors (Lipinski definition) is 1. The first kappa shape index (κ1) is 19.5. The van der Waals surface area contributed by atoms with Crippen LogP contribution in [0.15, 0.2) is 65.6 Å². The normalized spacial score (nSPS) is 11.5. The van der Waals surface area contributed by atoms with Gasteiger partial charge in [-0.05, 0) is 23.8 Å². The van der Waals surface area contributed by atoms with E-state index in [1.54, 1.807) is 6.07 Å². The van der Waals surface area contributed by atoms with Crippen molar-refractivity contribution in [3.8, 4) is 22.8 Å². The average molecular weight is 415 g/mol. The number of alkyl halides is 3. The maximum Gasteiger partial charge on any atom is 0.416 e. The lowest BCUT2D eigenvalue weighted by Gasteiger charge is -2.14. The minimum atomic E-state index is -4.48. The Balaban J connectivity index is 1.62. The Hall–Kier alpha value is -3.82. The highest BCUT2D eigenvalue weighted by atomic mass is 19.4. The van der Waals surface area contributed by atoms with Crippen LogP contribution in [0.4, 0.5) is 23.4 Å². The Morgan fingerprint density at radius 1 is 0.967 bits per heavy atom. The molecule has 6 nitrogen and oxygen atoms in total. The number of hydrogen-bond acceptors (Lipinski definition) is 6. The van der Waals surface area contributed by atoms with Crippen LogP contribution < -0.4 is 5.32 Å². The van der Waals surface area contributed by atoms with Crippen molar-refractivity contribution in [3.63, 3.8) is 0 Å². The summed E-state index contributed by atoms with van der Waals surface area (Å²) in [5.41, 5.74) is -0.269. The van der Waals surface area contributed by atoms with Crippen LogP contribution in [0.5, 0.6) is 0 Å². The van der Waals surface area contributed by atoms with Gasteiger partial charge in [-0.1, -0.05) is 35.5 Å². The average Bonchev–Trinajstić information content (AvgIpc) is 3.22. The van der Waals surface area contributed by atoms with E-state index in [0.29, 0.717) is 0 Å². The van der Waals surface area contributed by atoms with Crippen molar-refractivity contribution in [3.05, 3.63) is 78.0 Å².